The van der Waals surface area contributed by atoms with Crippen LogP contribution in [0.15, 0.2) is 60.1 Å². The Morgan fingerprint density at radius 1 is 1.15 bits per heavy atom. The Morgan fingerprint density at radius 2 is 1.93 bits per heavy atom. The molecule has 0 radical (unpaired) electrons. The third kappa shape index (κ3) is 3.27. The minimum atomic E-state index is -0.498. The van der Waals surface area contributed by atoms with Crippen molar-refractivity contribution in [1.82, 2.24) is 4.98 Å². The predicted octanol–water partition coefficient (Wildman–Crippen LogP) is 4.98. The highest BCUT2D eigenvalue weighted by atomic mass is 32.1. The molecule has 1 atom stereocenters. The third-order valence-corrected chi connectivity index (χ3v) is 5.74. The summed E-state index contributed by atoms with van der Waals surface area (Å²) in [6, 6.07) is 16.1. The van der Waals surface area contributed by atoms with Crippen molar-refractivity contribution in [3.63, 3.8) is 0 Å². The molecule has 1 unspecified atom stereocenters. The number of rotatable bonds is 3. The first-order valence-electron chi connectivity index (χ1n) is 8.94. The highest BCUT2D eigenvalue weighted by molar-refractivity contribution is 7.13. The van der Waals surface area contributed by atoms with Gasteiger partial charge in [0.05, 0.1) is 11.1 Å². The van der Waals surface area contributed by atoms with Gasteiger partial charge in [0, 0.05) is 17.1 Å². The summed E-state index contributed by atoms with van der Waals surface area (Å²) in [5, 5.41) is 2.61. The molecular weight excluding hydrogens is 352 g/mol. The maximum absolute atomic E-state index is 13.7. The molecule has 2 aromatic carbocycles. The average Bonchev–Trinajstić information content (AvgIpc) is 3.31. The van der Waals surface area contributed by atoms with E-state index in [1.807, 2.05) is 48.7 Å². The number of nitrogens with zero attached hydrogens (tertiary/aromatic N) is 2. The van der Waals surface area contributed by atoms with Crippen LogP contribution in [0.5, 0.6) is 0 Å². The molecule has 1 aliphatic carbocycles. The van der Waals surface area contributed by atoms with Crippen molar-refractivity contribution in [2.75, 3.05) is 4.90 Å². The van der Waals surface area contributed by atoms with Crippen LogP contribution in [0.3, 0.4) is 0 Å². The maximum atomic E-state index is 13.7. The molecule has 3 aromatic rings. The summed E-state index contributed by atoms with van der Waals surface area (Å²) in [5.41, 5.74) is 3.82. The van der Waals surface area contributed by atoms with E-state index in [0.29, 0.717) is 5.13 Å². The van der Waals surface area contributed by atoms with Crippen LogP contribution in [0.1, 0.15) is 30.5 Å². The van der Waals surface area contributed by atoms with Gasteiger partial charge in [-0.05, 0) is 55.2 Å². The molecule has 4 rings (SSSR count). The van der Waals surface area contributed by atoms with Crippen LogP contribution in [0.2, 0.25) is 0 Å². The third-order valence-electron chi connectivity index (χ3n) is 4.98. The molecule has 1 heterocycles. The lowest BCUT2D eigenvalue weighted by Crippen LogP contribution is -2.40. The summed E-state index contributed by atoms with van der Waals surface area (Å²) >= 11 is 1.48. The summed E-state index contributed by atoms with van der Waals surface area (Å²) in [4.78, 5) is 19.9. The average molecular weight is 372 g/mol. The summed E-state index contributed by atoms with van der Waals surface area (Å²) < 4.78 is 0. The van der Waals surface area contributed by atoms with Gasteiger partial charge in [-0.15, -0.1) is 17.3 Å². The Hall–Kier alpha value is -2.90. The van der Waals surface area contributed by atoms with Crippen molar-refractivity contribution in [3.05, 3.63) is 76.8 Å². The fraction of sp³-hybridized carbons (Fsp3) is 0.217. The van der Waals surface area contributed by atoms with Gasteiger partial charge in [-0.2, -0.15) is 0 Å². The first-order valence-corrected chi connectivity index (χ1v) is 9.82. The zero-order valence-electron chi connectivity index (χ0n) is 15.4. The Kier molecular flexibility index (Phi) is 4.55. The van der Waals surface area contributed by atoms with E-state index in [4.69, 9.17) is 0 Å². The van der Waals surface area contributed by atoms with Crippen molar-refractivity contribution in [3.8, 4) is 11.8 Å². The van der Waals surface area contributed by atoms with E-state index in [0.717, 1.165) is 24.1 Å². The largest absolute Gasteiger partial charge is 0.273 e. The molecule has 0 spiro atoms. The monoisotopic (exact) mass is 372 g/mol. The number of fused-ring (bicyclic) bond motifs is 1. The second kappa shape index (κ2) is 7.02. The fourth-order valence-corrected chi connectivity index (χ4v) is 4.39. The number of hydrogen-bond donors (Lipinski definition) is 0. The molecule has 0 saturated carbocycles. The molecule has 3 nitrogen and oxygen atoms in total. The Bertz CT molecular complexity index is 1030. The number of aromatic nitrogens is 1. The first kappa shape index (κ1) is 17.5. The number of carbonyl (C=O) groups is 1. The van der Waals surface area contributed by atoms with Crippen molar-refractivity contribution < 1.29 is 4.79 Å². The summed E-state index contributed by atoms with van der Waals surface area (Å²) in [5.74, 6) is 6.14. The van der Waals surface area contributed by atoms with Crippen LogP contribution in [0.25, 0.3) is 0 Å². The van der Waals surface area contributed by atoms with Gasteiger partial charge in [-0.3, -0.25) is 9.69 Å². The predicted molar refractivity (Wildman–Crippen MR) is 110 cm³/mol. The van der Waals surface area contributed by atoms with Crippen LogP contribution in [0, 0.1) is 17.3 Å². The van der Waals surface area contributed by atoms with Crippen LogP contribution in [-0.4, -0.2) is 10.9 Å². The van der Waals surface area contributed by atoms with Crippen molar-refractivity contribution in [1.29, 1.82) is 0 Å². The molecule has 0 saturated heterocycles. The van der Waals surface area contributed by atoms with Crippen molar-refractivity contribution in [2.45, 2.75) is 26.7 Å². The molecule has 27 heavy (non-hydrogen) atoms. The SMILES string of the molecule is CC#Cc1ccc2c(c1)CC(C)(C(=O)N(c1ccccc1)c1nccs1)C2. The number of anilines is 2. The van der Waals surface area contributed by atoms with Gasteiger partial charge >= 0.3 is 0 Å². The molecule has 1 aromatic heterocycles. The minimum Gasteiger partial charge on any atom is -0.273 e. The van der Waals surface area contributed by atoms with Crippen molar-refractivity contribution in [2.24, 2.45) is 5.41 Å². The Balaban J connectivity index is 1.70. The highest BCUT2D eigenvalue weighted by Gasteiger charge is 2.43. The Labute approximate surface area is 163 Å². The van der Waals surface area contributed by atoms with E-state index in [1.165, 1.54) is 22.5 Å². The standard InChI is InChI=1S/C23H20N2OS/c1-3-7-17-10-11-18-15-23(2,16-19(18)14-17)21(26)25(22-24-12-13-27-22)20-8-5-4-6-9-20/h4-6,8-14H,15-16H2,1-2H3. The Morgan fingerprint density at radius 3 is 2.63 bits per heavy atom. The van der Waals surface area contributed by atoms with E-state index in [-0.39, 0.29) is 5.91 Å². The summed E-state index contributed by atoms with van der Waals surface area (Å²) in [7, 11) is 0. The van der Waals surface area contributed by atoms with Gasteiger partial charge < -0.3 is 0 Å². The quantitative estimate of drug-likeness (QED) is 0.607. The van der Waals surface area contributed by atoms with Gasteiger partial charge in [-0.1, -0.05) is 37.1 Å². The number of hydrogen-bond acceptors (Lipinski definition) is 3. The van der Waals surface area contributed by atoms with Crippen molar-refractivity contribution >= 4 is 28.1 Å². The lowest BCUT2D eigenvalue weighted by Gasteiger charge is -2.30. The van der Waals surface area contributed by atoms with Gasteiger partial charge in [0.1, 0.15) is 0 Å². The fourth-order valence-electron chi connectivity index (χ4n) is 3.73. The van der Waals surface area contributed by atoms with E-state index >= 15 is 0 Å². The number of para-hydroxylation sites is 1. The molecule has 134 valence electrons. The lowest BCUT2D eigenvalue weighted by molar-refractivity contribution is -0.126. The molecule has 1 amide bonds. The van der Waals surface area contributed by atoms with Crippen LogP contribution in [-0.2, 0) is 17.6 Å². The number of amides is 1. The minimum absolute atomic E-state index is 0.0861. The van der Waals surface area contributed by atoms with Crippen LogP contribution < -0.4 is 4.90 Å². The summed E-state index contributed by atoms with van der Waals surface area (Å²) in [6.07, 6.45) is 3.19. The normalized spacial score (nSPS) is 17.7. The van der Waals surface area contributed by atoms with E-state index in [2.05, 4.69) is 35.9 Å². The topological polar surface area (TPSA) is 33.2 Å². The lowest BCUT2D eigenvalue weighted by atomic mass is 9.85. The second-order valence-corrected chi connectivity index (χ2v) is 7.94. The van der Waals surface area contributed by atoms with Crippen LogP contribution >= 0.6 is 11.3 Å². The summed E-state index contributed by atoms with van der Waals surface area (Å²) in [6.45, 7) is 3.90. The molecule has 0 aliphatic heterocycles. The second-order valence-electron chi connectivity index (χ2n) is 7.06. The number of benzene rings is 2. The molecule has 1 aliphatic rings. The van der Waals surface area contributed by atoms with Gasteiger partial charge in [-0.25, -0.2) is 4.98 Å². The zero-order valence-corrected chi connectivity index (χ0v) is 16.2. The van der Waals surface area contributed by atoms with Gasteiger partial charge in [0.15, 0.2) is 5.13 Å². The highest BCUT2D eigenvalue weighted by Crippen LogP contribution is 2.41. The number of thiazole rings is 1. The zero-order chi connectivity index (χ0) is 18.9. The molecule has 0 fully saturated rings. The van der Waals surface area contributed by atoms with Gasteiger partial charge in [0.2, 0.25) is 5.91 Å². The number of carbonyl (C=O) groups excluding carboxylic acids is 1. The molecule has 0 N–H and O–H groups in total. The molecule has 4 heteroatoms. The van der Waals surface area contributed by atoms with Crippen LogP contribution in [0.4, 0.5) is 10.8 Å². The van der Waals surface area contributed by atoms with Gasteiger partial charge in [0.25, 0.3) is 0 Å². The first-order chi connectivity index (χ1) is 13.1. The van der Waals surface area contributed by atoms with E-state index in [9.17, 15) is 4.79 Å². The molecular formula is C23H20N2OS. The van der Waals surface area contributed by atoms with E-state index < -0.39 is 5.41 Å². The smallest absolute Gasteiger partial charge is 0.239 e. The molecule has 0 bridgehead atoms. The maximum Gasteiger partial charge on any atom is 0.239 e. The van der Waals surface area contributed by atoms with E-state index in [1.54, 1.807) is 11.1 Å².